The molecule has 0 saturated carbocycles. The minimum absolute atomic E-state index is 0.193. The zero-order valence-electron chi connectivity index (χ0n) is 15.4. The number of hydrogen-bond acceptors (Lipinski definition) is 6. The van der Waals surface area contributed by atoms with E-state index in [1.54, 1.807) is 23.2 Å². The quantitative estimate of drug-likeness (QED) is 0.850. The normalized spacial score (nSPS) is 17.5. The van der Waals surface area contributed by atoms with Crippen LogP contribution in [0.25, 0.3) is 0 Å². The van der Waals surface area contributed by atoms with Crippen LogP contribution in [-0.2, 0) is 11.2 Å². The molecule has 0 aliphatic carbocycles. The molecule has 3 N–H and O–H groups in total. The Morgan fingerprint density at radius 1 is 1.25 bits per heavy atom. The Hall–Kier alpha value is -3.16. The van der Waals surface area contributed by atoms with Crippen molar-refractivity contribution in [3.8, 4) is 0 Å². The van der Waals surface area contributed by atoms with Gasteiger partial charge in [0.15, 0.2) is 0 Å². The van der Waals surface area contributed by atoms with Crippen molar-refractivity contribution in [1.29, 1.82) is 0 Å². The zero-order valence-corrected chi connectivity index (χ0v) is 15.4. The summed E-state index contributed by atoms with van der Waals surface area (Å²) in [5.41, 5.74) is 7.24. The van der Waals surface area contributed by atoms with Gasteiger partial charge in [-0.3, -0.25) is 4.98 Å². The van der Waals surface area contributed by atoms with Gasteiger partial charge in [-0.15, -0.1) is 0 Å². The number of nitrogens with one attached hydrogen (secondary N) is 1. The van der Waals surface area contributed by atoms with E-state index in [9.17, 15) is 9.18 Å². The second-order valence-electron chi connectivity index (χ2n) is 6.99. The van der Waals surface area contributed by atoms with Gasteiger partial charge in [0, 0.05) is 49.9 Å². The van der Waals surface area contributed by atoms with Gasteiger partial charge in [0.2, 0.25) is 0 Å². The minimum Gasteiger partial charge on any atom is -0.449 e. The molecule has 146 valence electrons. The molecule has 8 heteroatoms. The van der Waals surface area contributed by atoms with Crippen molar-refractivity contribution < 1.29 is 13.9 Å². The average molecular weight is 383 g/mol. The number of hydrogen-bond donors (Lipinski definition) is 2. The van der Waals surface area contributed by atoms with Crippen LogP contribution in [0.4, 0.5) is 14.9 Å². The van der Waals surface area contributed by atoms with Crippen molar-refractivity contribution in [2.45, 2.75) is 24.9 Å². The van der Waals surface area contributed by atoms with E-state index >= 15 is 0 Å². The first-order valence-electron chi connectivity index (χ1n) is 9.30. The summed E-state index contributed by atoms with van der Waals surface area (Å²) in [5, 5.41) is 3.31. The van der Waals surface area contributed by atoms with E-state index in [2.05, 4.69) is 15.3 Å². The fraction of sp³-hybridized carbons (Fsp3) is 0.350. The van der Waals surface area contributed by atoms with Crippen molar-refractivity contribution in [2.24, 2.45) is 10.7 Å². The number of nitrogens with two attached hydrogens (primary N) is 1. The van der Waals surface area contributed by atoms with Gasteiger partial charge in [-0.1, -0.05) is 12.1 Å². The highest BCUT2D eigenvalue weighted by molar-refractivity contribution is 6.04. The third-order valence-corrected chi connectivity index (χ3v) is 5.13. The molecule has 2 aliphatic rings. The maximum Gasteiger partial charge on any atom is 0.409 e. The second-order valence-corrected chi connectivity index (χ2v) is 6.99. The number of benzene rings is 1. The van der Waals surface area contributed by atoms with Crippen LogP contribution in [-0.4, -0.2) is 47.2 Å². The molecule has 2 aromatic rings. The molecule has 1 spiro atoms. The average Bonchev–Trinajstić information content (AvgIpc) is 2.69. The van der Waals surface area contributed by atoms with Gasteiger partial charge in [-0.25, -0.2) is 14.2 Å². The van der Waals surface area contributed by atoms with E-state index < -0.39 is 11.5 Å². The van der Waals surface area contributed by atoms with Crippen molar-refractivity contribution in [3.05, 3.63) is 59.7 Å². The van der Waals surface area contributed by atoms with Crippen LogP contribution in [0.5, 0.6) is 0 Å². The number of carbonyl (C=O) groups excluding carboxylic acids is 1. The number of anilines is 1. The molecule has 2 aliphatic heterocycles. The Bertz CT molecular complexity index is 895. The van der Waals surface area contributed by atoms with Crippen molar-refractivity contribution in [1.82, 2.24) is 9.88 Å². The number of fused-ring (bicyclic) bond motifs is 1. The standard InChI is InChI=1S/C20H22FN5O2/c21-15-5-3-6-16-17(15)18(22)25-20(24-16)8-11-26(12-9-20)19(27)28-13-7-14-4-1-2-10-23-14/h1-6,10,24H,7-9,11-13H2,(H2,22,25). The SMILES string of the molecule is NC1=NC2(CCN(C(=O)OCCc3ccccn3)CC2)Nc2cccc(F)c21. The first-order chi connectivity index (χ1) is 13.6. The number of aromatic nitrogens is 1. The lowest BCUT2D eigenvalue weighted by Gasteiger charge is -2.42. The summed E-state index contributed by atoms with van der Waals surface area (Å²) in [6.07, 6.45) is 3.09. The van der Waals surface area contributed by atoms with Crippen molar-refractivity contribution in [2.75, 3.05) is 25.0 Å². The monoisotopic (exact) mass is 383 g/mol. The van der Waals surface area contributed by atoms with Crippen LogP contribution in [0.3, 0.4) is 0 Å². The molecular formula is C20H22FN5O2. The summed E-state index contributed by atoms with van der Waals surface area (Å²) in [6.45, 7) is 1.25. The molecule has 28 heavy (non-hydrogen) atoms. The Labute approximate surface area is 162 Å². The fourth-order valence-corrected chi connectivity index (χ4v) is 3.63. The number of nitrogens with zero attached hydrogens (tertiary/aromatic N) is 3. The molecule has 1 saturated heterocycles. The van der Waals surface area contributed by atoms with Gasteiger partial charge in [-0.05, 0) is 24.3 Å². The first kappa shape index (κ1) is 18.2. The van der Waals surface area contributed by atoms with E-state index in [0.29, 0.717) is 43.6 Å². The van der Waals surface area contributed by atoms with Gasteiger partial charge in [-0.2, -0.15) is 0 Å². The summed E-state index contributed by atoms with van der Waals surface area (Å²) in [4.78, 5) is 22.7. The summed E-state index contributed by atoms with van der Waals surface area (Å²) >= 11 is 0. The number of aliphatic imine (C=N–C) groups is 1. The van der Waals surface area contributed by atoms with E-state index in [4.69, 9.17) is 10.5 Å². The molecule has 0 unspecified atom stereocenters. The molecule has 3 heterocycles. The zero-order chi connectivity index (χ0) is 19.6. The lowest BCUT2D eigenvalue weighted by atomic mass is 9.94. The Morgan fingerprint density at radius 3 is 2.82 bits per heavy atom. The van der Waals surface area contributed by atoms with Gasteiger partial charge in [0.1, 0.15) is 17.3 Å². The minimum atomic E-state index is -0.615. The van der Waals surface area contributed by atoms with Gasteiger partial charge in [0.05, 0.1) is 12.2 Å². The summed E-state index contributed by atoms with van der Waals surface area (Å²) in [5.74, 6) is -0.201. The Balaban J connectivity index is 1.33. The number of amidine groups is 1. The van der Waals surface area contributed by atoms with E-state index in [0.717, 1.165) is 5.69 Å². The van der Waals surface area contributed by atoms with E-state index in [1.807, 2.05) is 18.2 Å². The van der Waals surface area contributed by atoms with Crippen LogP contribution in [0.1, 0.15) is 24.1 Å². The maximum atomic E-state index is 14.0. The van der Waals surface area contributed by atoms with Gasteiger partial charge >= 0.3 is 6.09 Å². The Kier molecular flexibility index (Phi) is 4.85. The number of piperidine rings is 1. The van der Waals surface area contributed by atoms with E-state index in [-0.39, 0.29) is 18.5 Å². The van der Waals surface area contributed by atoms with Gasteiger partial charge in [0.25, 0.3) is 0 Å². The second kappa shape index (κ2) is 7.46. The maximum absolute atomic E-state index is 14.0. The molecule has 0 radical (unpaired) electrons. The highest BCUT2D eigenvalue weighted by Crippen LogP contribution is 2.35. The molecule has 0 bridgehead atoms. The molecule has 1 amide bonds. The van der Waals surface area contributed by atoms with Crippen molar-refractivity contribution >= 4 is 17.6 Å². The summed E-state index contributed by atoms with van der Waals surface area (Å²) in [6, 6.07) is 10.4. The van der Waals surface area contributed by atoms with Crippen LogP contribution in [0, 0.1) is 5.82 Å². The molecular weight excluding hydrogens is 361 g/mol. The topological polar surface area (TPSA) is 92.8 Å². The molecule has 1 aromatic heterocycles. The fourth-order valence-electron chi connectivity index (χ4n) is 3.63. The number of likely N-dealkylation sites (tertiary alicyclic amines) is 1. The first-order valence-corrected chi connectivity index (χ1v) is 9.30. The highest BCUT2D eigenvalue weighted by Gasteiger charge is 2.39. The van der Waals surface area contributed by atoms with Crippen molar-refractivity contribution in [3.63, 3.8) is 0 Å². The van der Waals surface area contributed by atoms with Crippen LogP contribution in [0.15, 0.2) is 47.6 Å². The Morgan fingerprint density at radius 2 is 2.07 bits per heavy atom. The molecule has 1 aromatic carbocycles. The number of rotatable bonds is 3. The van der Waals surface area contributed by atoms with Crippen LogP contribution in [0.2, 0.25) is 0 Å². The highest BCUT2D eigenvalue weighted by atomic mass is 19.1. The third kappa shape index (κ3) is 3.62. The number of halogens is 1. The molecule has 1 fully saturated rings. The number of amides is 1. The summed E-state index contributed by atoms with van der Waals surface area (Å²) in [7, 11) is 0. The molecule has 4 rings (SSSR count). The molecule has 0 atom stereocenters. The number of ether oxygens (including phenoxy) is 1. The largest absolute Gasteiger partial charge is 0.449 e. The van der Waals surface area contributed by atoms with E-state index in [1.165, 1.54) is 6.07 Å². The molecule has 7 nitrogen and oxygen atoms in total. The lowest BCUT2D eigenvalue weighted by molar-refractivity contribution is 0.0872. The smallest absolute Gasteiger partial charge is 0.409 e. The number of carbonyl (C=O) groups is 1. The third-order valence-electron chi connectivity index (χ3n) is 5.13. The van der Waals surface area contributed by atoms with Crippen LogP contribution < -0.4 is 11.1 Å². The van der Waals surface area contributed by atoms with Gasteiger partial charge < -0.3 is 20.7 Å². The lowest BCUT2D eigenvalue weighted by Crippen LogP contribution is -2.52. The number of pyridine rings is 1. The predicted octanol–water partition coefficient (Wildman–Crippen LogP) is 2.52. The van der Waals surface area contributed by atoms with Crippen LogP contribution >= 0.6 is 0 Å². The summed E-state index contributed by atoms with van der Waals surface area (Å²) < 4.78 is 19.4. The predicted molar refractivity (Wildman–Crippen MR) is 104 cm³/mol.